The van der Waals surface area contributed by atoms with Crippen LogP contribution >= 0.6 is 0 Å². The molecule has 0 aromatic heterocycles. The molecule has 0 bridgehead atoms. The molecule has 3 fully saturated rings. The summed E-state index contributed by atoms with van der Waals surface area (Å²) >= 11 is 0. The molecule has 2 aromatic rings. The normalized spacial score (nSPS) is 25.9. The minimum Gasteiger partial charge on any atom is -0.492 e. The second kappa shape index (κ2) is 10.7. The Kier molecular flexibility index (Phi) is 7.27. The van der Waals surface area contributed by atoms with Gasteiger partial charge in [-0.1, -0.05) is 43.2 Å². The Labute approximate surface area is 198 Å². The third kappa shape index (κ3) is 5.25. The van der Waals surface area contributed by atoms with Crippen LogP contribution in [0.15, 0.2) is 54.6 Å². The summed E-state index contributed by atoms with van der Waals surface area (Å²) in [5.74, 6) is 1.33. The average Bonchev–Trinajstić information content (AvgIpc) is 3.47. The van der Waals surface area contributed by atoms with Crippen LogP contribution in [0.25, 0.3) is 0 Å². The van der Waals surface area contributed by atoms with E-state index in [2.05, 4.69) is 45.4 Å². The van der Waals surface area contributed by atoms with E-state index < -0.39 is 0 Å². The fraction of sp³-hybridized carbons (Fsp3) is 0.536. The highest BCUT2D eigenvalue weighted by molar-refractivity contribution is 5.95. The first-order valence-electron chi connectivity index (χ1n) is 12.8. The van der Waals surface area contributed by atoms with Crippen molar-refractivity contribution < 1.29 is 9.53 Å². The predicted molar refractivity (Wildman–Crippen MR) is 132 cm³/mol. The Bertz CT molecular complexity index is 895. The molecule has 5 nitrogen and oxygen atoms in total. The Morgan fingerprint density at radius 1 is 0.939 bits per heavy atom. The molecule has 0 radical (unpaired) electrons. The number of likely N-dealkylation sites (tertiary alicyclic amines) is 2. The summed E-state index contributed by atoms with van der Waals surface area (Å²) in [6.07, 6.45) is 7.32. The van der Waals surface area contributed by atoms with Crippen molar-refractivity contribution in [3.63, 3.8) is 0 Å². The van der Waals surface area contributed by atoms with E-state index in [0.717, 1.165) is 37.4 Å². The SMILES string of the molecule is O=C(c1ccc(OCCN2CCCC2)cc1)N1C[C@@H](c2ccccc2)[C@@H]2NCCCCC[C@@H]21. The molecular formula is C28H37N3O2. The third-order valence-electron chi connectivity index (χ3n) is 7.66. The molecule has 3 saturated heterocycles. The molecule has 1 N–H and O–H groups in total. The Morgan fingerprint density at radius 2 is 1.73 bits per heavy atom. The molecule has 3 atom stereocenters. The standard InChI is InChI=1S/C28H37N3O2/c32-28(23-12-14-24(15-13-23)33-20-19-30-17-7-8-18-30)31-21-25(22-9-3-1-4-10-22)27-26(31)11-5-2-6-16-29-27/h1,3-4,9-10,12-15,25-27,29H,2,5-8,11,16-21H2/t25-,26-,27-/m0/s1. The number of hydrogen-bond donors (Lipinski definition) is 1. The maximum atomic E-state index is 13.6. The summed E-state index contributed by atoms with van der Waals surface area (Å²) in [5.41, 5.74) is 2.09. The van der Waals surface area contributed by atoms with Crippen LogP contribution in [0, 0.1) is 0 Å². The zero-order chi connectivity index (χ0) is 22.5. The third-order valence-corrected chi connectivity index (χ3v) is 7.66. The highest BCUT2D eigenvalue weighted by Gasteiger charge is 2.44. The Hall–Kier alpha value is -2.37. The summed E-state index contributed by atoms with van der Waals surface area (Å²) in [4.78, 5) is 18.2. The van der Waals surface area contributed by atoms with E-state index in [-0.39, 0.29) is 11.9 Å². The van der Waals surface area contributed by atoms with Gasteiger partial charge in [0.05, 0.1) is 0 Å². The Balaban J connectivity index is 1.27. The zero-order valence-electron chi connectivity index (χ0n) is 19.6. The van der Waals surface area contributed by atoms with Gasteiger partial charge in [-0.05, 0) is 75.1 Å². The van der Waals surface area contributed by atoms with E-state index in [0.29, 0.717) is 18.6 Å². The topological polar surface area (TPSA) is 44.8 Å². The summed E-state index contributed by atoms with van der Waals surface area (Å²) < 4.78 is 5.94. The van der Waals surface area contributed by atoms with E-state index >= 15 is 0 Å². The molecule has 3 aliphatic rings. The lowest BCUT2D eigenvalue weighted by Gasteiger charge is -2.31. The molecule has 5 rings (SSSR count). The zero-order valence-corrected chi connectivity index (χ0v) is 19.6. The van der Waals surface area contributed by atoms with Gasteiger partial charge >= 0.3 is 0 Å². The van der Waals surface area contributed by atoms with Crippen molar-refractivity contribution in [3.8, 4) is 5.75 Å². The van der Waals surface area contributed by atoms with Crippen LogP contribution in [0.5, 0.6) is 5.75 Å². The minimum absolute atomic E-state index is 0.148. The molecule has 5 heteroatoms. The molecular weight excluding hydrogens is 410 g/mol. The summed E-state index contributed by atoms with van der Waals surface area (Å²) in [6, 6.07) is 19.1. The maximum absolute atomic E-state index is 13.6. The van der Waals surface area contributed by atoms with Gasteiger partial charge in [-0.15, -0.1) is 0 Å². The van der Waals surface area contributed by atoms with Gasteiger partial charge in [0.15, 0.2) is 0 Å². The van der Waals surface area contributed by atoms with Gasteiger partial charge in [0.25, 0.3) is 5.91 Å². The van der Waals surface area contributed by atoms with Crippen molar-refractivity contribution in [2.24, 2.45) is 0 Å². The number of nitrogens with zero attached hydrogens (tertiary/aromatic N) is 2. The van der Waals surface area contributed by atoms with Crippen molar-refractivity contribution in [2.75, 3.05) is 39.3 Å². The quantitative estimate of drug-likeness (QED) is 0.717. The maximum Gasteiger partial charge on any atom is 0.254 e. The smallest absolute Gasteiger partial charge is 0.254 e. The molecule has 0 unspecified atom stereocenters. The predicted octanol–water partition coefficient (Wildman–Crippen LogP) is 4.30. The molecule has 33 heavy (non-hydrogen) atoms. The van der Waals surface area contributed by atoms with Gasteiger partial charge < -0.3 is 15.0 Å². The van der Waals surface area contributed by atoms with Crippen molar-refractivity contribution in [1.82, 2.24) is 15.1 Å². The second-order valence-corrected chi connectivity index (χ2v) is 9.79. The van der Waals surface area contributed by atoms with E-state index in [4.69, 9.17) is 4.74 Å². The number of carbonyl (C=O) groups excluding carboxylic acids is 1. The number of amides is 1. The fourth-order valence-corrected chi connectivity index (χ4v) is 5.87. The molecule has 1 amide bonds. The highest BCUT2D eigenvalue weighted by atomic mass is 16.5. The number of benzene rings is 2. The van der Waals surface area contributed by atoms with Crippen molar-refractivity contribution in [2.45, 2.75) is 56.5 Å². The first-order valence-corrected chi connectivity index (χ1v) is 12.8. The van der Waals surface area contributed by atoms with Crippen molar-refractivity contribution in [3.05, 3.63) is 65.7 Å². The van der Waals surface area contributed by atoms with Gasteiger partial charge in [0, 0.05) is 36.7 Å². The van der Waals surface area contributed by atoms with Gasteiger partial charge in [0.2, 0.25) is 0 Å². The monoisotopic (exact) mass is 447 g/mol. The number of nitrogens with one attached hydrogen (secondary N) is 1. The number of carbonyl (C=O) groups is 1. The molecule has 0 saturated carbocycles. The molecule has 3 heterocycles. The van der Waals surface area contributed by atoms with Gasteiger partial charge in [-0.2, -0.15) is 0 Å². The van der Waals surface area contributed by atoms with Gasteiger partial charge in [-0.3, -0.25) is 9.69 Å². The lowest BCUT2D eigenvalue weighted by atomic mass is 9.88. The lowest BCUT2D eigenvalue weighted by molar-refractivity contribution is 0.0713. The average molecular weight is 448 g/mol. The summed E-state index contributed by atoms with van der Waals surface area (Å²) in [5, 5.41) is 3.81. The van der Waals surface area contributed by atoms with Crippen LogP contribution in [0.3, 0.4) is 0 Å². The van der Waals surface area contributed by atoms with Crippen LogP contribution in [0.4, 0.5) is 0 Å². The van der Waals surface area contributed by atoms with Crippen LogP contribution in [-0.2, 0) is 0 Å². The van der Waals surface area contributed by atoms with Gasteiger partial charge in [0.1, 0.15) is 12.4 Å². The highest BCUT2D eigenvalue weighted by Crippen LogP contribution is 2.36. The lowest BCUT2D eigenvalue weighted by Crippen LogP contribution is -2.47. The van der Waals surface area contributed by atoms with Crippen molar-refractivity contribution >= 4 is 5.91 Å². The molecule has 0 aliphatic carbocycles. The van der Waals surface area contributed by atoms with Gasteiger partial charge in [-0.25, -0.2) is 0 Å². The summed E-state index contributed by atoms with van der Waals surface area (Å²) in [6.45, 7) is 5.87. The molecule has 3 aliphatic heterocycles. The number of rotatable bonds is 6. The van der Waals surface area contributed by atoms with Crippen LogP contribution in [-0.4, -0.2) is 67.1 Å². The van der Waals surface area contributed by atoms with Crippen LogP contribution in [0.1, 0.15) is 60.4 Å². The summed E-state index contributed by atoms with van der Waals surface area (Å²) in [7, 11) is 0. The number of ether oxygens (including phenoxy) is 1. The fourth-order valence-electron chi connectivity index (χ4n) is 5.87. The first kappa shape index (κ1) is 22.4. The number of hydrogen-bond acceptors (Lipinski definition) is 4. The molecule has 176 valence electrons. The van der Waals surface area contributed by atoms with E-state index in [1.165, 1.54) is 50.8 Å². The van der Waals surface area contributed by atoms with Crippen molar-refractivity contribution in [1.29, 1.82) is 0 Å². The van der Waals surface area contributed by atoms with Crippen LogP contribution in [0.2, 0.25) is 0 Å². The number of fused-ring (bicyclic) bond motifs is 1. The first-order chi connectivity index (χ1) is 16.3. The van der Waals surface area contributed by atoms with E-state index in [1.807, 2.05) is 24.3 Å². The molecule has 0 spiro atoms. The second-order valence-electron chi connectivity index (χ2n) is 9.79. The van der Waals surface area contributed by atoms with E-state index in [1.54, 1.807) is 0 Å². The minimum atomic E-state index is 0.148. The molecule has 2 aromatic carbocycles. The largest absolute Gasteiger partial charge is 0.492 e. The Morgan fingerprint density at radius 3 is 2.52 bits per heavy atom. The van der Waals surface area contributed by atoms with E-state index in [9.17, 15) is 4.79 Å². The van der Waals surface area contributed by atoms with Crippen LogP contribution < -0.4 is 10.1 Å².